The molecular weight excluding hydrogens is 170 g/mol. The zero-order valence-corrected chi connectivity index (χ0v) is 8.88. The summed E-state index contributed by atoms with van der Waals surface area (Å²) in [5.74, 6) is 2.65. The number of hydrogen-bond donors (Lipinski definition) is 1. The molecule has 1 aromatic rings. The van der Waals surface area contributed by atoms with Crippen molar-refractivity contribution in [2.24, 2.45) is 0 Å². The Morgan fingerprint density at radius 2 is 2.14 bits per heavy atom. The quantitative estimate of drug-likeness (QED) is 0.712. The van der Waals surface area contributed by atoms with Crippen LogP contribution in [-0.2, 0) is 6.42 Å². The number of benzene rings is 1. The largest absolute Gasteiger partial charge is 0.304 e. The summed E-state index contributed by atoms with van der Waals surface area (Å²) in [6.45, 7) is 5.08. The summed E-state index contributed by atoms with van der Waals surface area (Å²) in [6, 6.07) is 8.61. The van der Waals surface area contributed by atoms with Crippen LogP contribution in [0.5, 0.6) is 0 Å². The Bertz CT molecular complexity index is 322. The SMILES string of the molecule is C#CC(C)NCCc1ccccc1C. The van der Waals surface area contributed by atoms with Crippen LogP contribution in [0.15, 0.2) is 24.3 Å². The van der Waals surface area contributed by atoms with Gasteiger partial charge in [-0.2, -0.15) is 0 Å². The zero-order valence-electron chi connectivity index (χ0n) is 8.88. The van der Waals surface area contributed by atoms with Crippen LogP contribution in [-0.4, -0.2) is 12.6 Å². The van der Waals surface area contributed by atoms with E-state index < -0.39 is 0 Å². The minimum absolute atomic E-state index is 0.166. The summed E-state index contributed by atoms with van der Waals surface area (Å²) in [6.07, 6.45) is 6.31. The van der Waals surface area contributed by atoms with Crippen LogP contribution in [0.25, 0.3) is 0 Å². The Hall–Kier alpha value is -1.26. The summed E-state index contributed by atoms with van der Waals surface area (Å²) in [4.78, 5) is 0. The summed E-state index contributed by atoms with van der Waals surface area (Å²) in [7, 11) is 0. The van der Waals surface area contributed by atoms with Gasteiger partial charge in [-0.1, -0.05) is 30.2 Å². The van der Waals surface area contributed by atoms with Gasteiger partial charge in [0.15, 0.2) is 0 Å². The van der Waals surface area contributed by atoms with Crippen LogP contribution in [0, 0.1) is 19.3 Å². The van der Waals surface area contributed by atoms with E-state index in [1.165, 1.54) is 11.1 Å². The maximum absolute atomic E-state index is 5.27. The number of rotatable bonds is 4. The summed E-state index contributed by atoms with van der Waals surface area (Å²) < 4.78 is 0. The van der Waals surface area contributed by atoms with E-state index >= 15 is 0 Å². The van der Waals surface area contributed by atoms with Crippen LogP contribution in [0.4, 0.5) is 0 Å². The number of terminal acetylenes is 1. The van der Waals surface area contributed by atoms with Gasteiger partial charge in [0.2, 0.25) is 0 Å². The highest BCUT2D eigenvalue weighted by molar-refractivity contribution is 5.25. The predicted molar refractivity (Wildman–Crippen MR) is 61.2 cm³/mol. The summed E-state index contributed by atoms with van der Waals surface area (Å²) in [5.41, 5.74) is 2.74. The number of aryl methyl sites for hydroxylation is 1. The molecule has 0 heterocycles. The third-order valence-corrected chi connectivity index (χ3v) is 2.36. The van der Waals surface area contributed by atoms with Crippen LogP contribution < -0.4 is 5.32 Å². The molecule has 0 spiro atoms. The van der Waals surface area contributed by atoms with Gasteiger partial charge in [-0.15, -0.1) is 6.42 Å². The second-order valence-corrected chi connectivity index (χ2v) is 3.52. The van der Waals surface area contributed by atoms with Crippen molar-refractivity contribution in [3.63, 3.8) is 0 Å². The monoisotopic (exact) mass is 187 g/mol. The smallest absolute Gasteiger partial charge is 0.0658 e. The molecule has 1 atom stereocenters. The number of hydrogen-bond acceptors (Lipinski definition) is 1. The maximum Gasteiger partial charge on any atom is 0.0658 e. The molecule has 0 fully saturated rings. The van der Waals surface area contributed by atoms with E-state index in [1.807, 2.05) is 6.92 Å². The Balaban J connectivity index is 2.40. The molecule has 1 N–H and O–H groups in total. The molecule has 0 saturated heterocycles. The molecule has 0 aliphatic rings. The van der Waals surface area contributed by atoms with Gasteiger partial charge in [0.25, 0.3) is 0 Å². The van der Waals surface area contributed by atoms with Crippen LogP contribution in [0.3, 0.4) is 0 Å². The molecule has 0 saturated carbocycles. The van der Waals surface area contributed by atoms with Crippen molar-refractivity contribution in [2.45, 2.75) is 26.3 Å². The highest BCUT2D eigenvalue weighted by atomic mass is 14.9. The van der Waals surface area contributed by atoms with Crippen molar-refractivity contribution in [1.82, 2.24) is 5.32 Å². The lowest BCUT2D eigenvalue weighted by Gasteiger charge is -2.08. The van der Waals surface area contributed by atoms with Crippen LogP contribution >= 0.6 is 0 Å². The molecule has 1 nitrogen and oxygen atoms in total. The predicted octanol–water partition coefficient (Wildman–Crippen LogP) is 2.15. The molecule has 1 rings (SSSR count). The second kappa shape index (κ2) is 5.47. The van der Waals surface area contributed by atoms with E-state index in [0.29, 0.717) is 0 Å². The normalized spacial score (nSPS) is 12.1. The van der Waals surface area contributed by atoms with Crippen LogP contribution in [0.2, 0.25) is 0 Å². The third kappa shape index (κ3) is 3.24. The third-order valence-electron chi connectivity index (χ3n) is 2.36. The standard InChI is InChI=1S/C13H17N/c1-4-12(3)14-10-9-13-8-6-5-7-11(13)2/h1,5-8,12,14H,9-10H2,2-3H3. The Kier molecular flexibility index (Phi) is 4.22. The first-order valence-electron chi connectivity index (χ1n) is 4.98. The van der Waals surface area contributed by atoms with E-state index in [1.54, 1.807) is 0 Å². The highest BCUT2D eigenvalue weighted by Gasteiger charge is 1.98. The minimum atomic E-state index is 0.166. The lowest BCUT2D eigenvalue weighted by atomic mass is 10.1. The Morgan fingerprint density at radius 1 is 1.43 bits per heavy atom. The van der Waals surface area contributed by atoms with Crippen molar-refractivity contribution in [3.8, 4) is 12.3 Å². The molecule has 74 valence electrons. The molecule has 0 bridgehead atoms. The first-order chi connectivity index (χ1) is 6.74. The van der Waals surface area contributed by atoms with E-state index in [0.717, 1.165) is 13.0 Å². The van der Waals surface area contributed by atoms with E-state index in [-0.39, 0.29) is 6.04 Å². The molecule has 0 aliphatic carbocycles. The average Bonchev–Trinajstić information content (AvgIpc) is 2.20. The summed E-state index contributed by atoms with van der Waals surface area (Å²) >= 11 is 0. The number of nitrogens with one attached hydrogen (secondary N) is 1. The van der Waals surface area contributed by atoms with Gasteiger partial charge in [-0.05, 0) is 31.4 Å². The fourth-order valence-corrected chi connectivity index (χ4v) is 1.37. The van der Waals surface area contributed by atoms with Crippen molar-refractivity contribution < 1.29 is 0 Å². The Labute approximate surface area is 86.5 Å². The van der Waals surface area contributed by atoms with Crippen molar-refractivity contribution in [1.29, 1.82) is 0 Å². The fourth-order valence-electron chi connectivity index (χ4n) is 1.37. The minimum Gasteiger partial charge on any atom is -0.304 e. The summed E-state index contributed by atoms with van der Waals surface area (Å²) in [5, 5.41) is 3.27. The molecule has 0 radical (unpaired) electrons. The van der Waals surface area contributed by atoms with Gasteiger partial charge in [-0.25, -0.2) is 0 Å². The highest BCUT2D eigenvalue weighted by Crippen LogP contribution is 2.06. The van der Waals surface area contributed by atoms with Crippen molar-refractivity contribution in [2.75, 3.05) is 6.54 Å². The van der Waals surface area contributed by atoms with Gasteiger partial charge in [0, 0.05) is 6.54 Å². The van der Waals surface area contributed by atoms with Crippen molar-refractivity contribution in [3.05, 3.63) is 35.4 Å². The molecule has 1 heteroatoms. The molecule has 0 aliphatic heterocycles. The van der Waals surface area contributed by atoms with Gasteiger partial charge in [0.05, 0.1) is 6.04 Å². The van der Waals surface area contributed by atoms with Gasteiger partial charge < -0.3 is 5.32 Å². The molecule has 1 unspecified atom stereocenters. The van der Waals surface area contributed by atoms with Gasteiger partial charge >= 0.3 is 0 Å². The lowest BCUT2D eigenvalue weighted by Crippen LogP contribution is -2.26. The molecular formula is C13H17N. The van der Waals surface area contributed by atoms with E-state index in [2.05, 4.69) is 42.4 Å². The topological polar surface area (TPSA) is 12.0 Å². The van der Waals surface area contributed by atoms with E-state index in [4.69, 9.17) is 6.42 Å². The second-order valence-electron chi connectivity index (χ2n) is 3.52. The first-order valence-corrected chi connectivity index (χ1v) is 4.98. The maximum atomic E-state index is 5.27. The molecule has 14 heavy (non-hydrogen) atoms. The van der Waals surface area contributed by atoms with Crippen LogP contribution in [0.1, 0.15) is 18.1 Å². The zero-order chi connectivity index (χ0) is 10.4. The average molecular weight is 187 g/mol. The molecule has 0 amide bonds. The van der Waals surface area contributed by atoms with E-state index in [9.17, 15) is 0 Å². The lowest BCUT2D eigenvalue weighted by molar-refractivity contribution is 0.645. The molecule has 1 aromatic carbocycles. The first kappa shape index (κ1) is 10.8. The van der Waals surface area contributed by atoms with Gasteiger partial charge in [0.1, 0.15) is 0 Å². The molecule has 0 aromatic heterocycles. The Morgan fingerprint density at radius 3 is 2.79 bits per heavy atom. The van der Waals surface area contributed by atoms with Crippen molar-refractivity contribution >= 4 is 0 Å². The van der Waals surface area contributed by atoms with Gasteiger partial charge in [-0.3, -0.25) is 0 Å². The fraction of sp³-hybridized carbons (Fsp3) is 0.385.